The summed E-state index contributed by atoms with van der Waals surface area (Å²) in [5.74, 6) is 0.0632. The molecule has 0 aliphatic carbocycles. The lowest BCUT2D eigenvalue weighted by Crippen LogP contribution is -2.35. The molecule has 1 aliphatic rings. The van der Waals surface area contributed by atoms with Crippen molar-refractivity contribution < 1.29 is 13.9 Å². The van der Waals surface area contributed by atoms with Crippen LogP contribution in [0, 0.1) is 11.7 Å². The Kier molecular flexibility index (Phi) is 5.76. The number of ether oxygens (including phenoxy) is 1. The molecule has 0 bridgehead atoms. The van der Waals surface area contributed by atoms with E-state index in [0.29, 0.717) is 29.6 Å². The molecule has 1 aromatic rings. The van der Waals surface area contributed by atoms with Crippen molar-refractivity contribution in [1.82, 2.24) is 9.80 Å². The summed E-state index contributed by atoms with van der Waals surface area (Å²) in [5, 5.41) is 0. The Labute approximate surface area is 138 Å². The summed E-state index contributed by atoms with van der Waals surface area (Å²) in [4.78, 5) is 16.7. The van der Waals surface area contributed by atoms with E-state index in [4.69, 9.17) is 4.74 Å². The number of carbonyl (C=O) groups excluding carboxylic acids is 1. The molecule has 1 fully saturated rings. The highest BCUT2D eigenvalue weighted by Crippen LogP contribution is 2.23. The van der Waals surface area contributed by atoms with Crippen LogP contribution in [0.3, 0.4) is 0 Å². The Balaban J connectivity index is 2.12. The van der Waals surface area contributed by atoms with Gasteiger partial charge in [-0.3, -0.25) is 4.79 Å². The Morgan fingerprint density at radius 2 is 2.09 bits per heavy atom. The van der Waals surface area contributed by atoms with Gasteiger partial charge in [-0.1, -0.05) is 6.92 Å². The fourth-order valence-electron chi connectivity index (χ4n) is 3.05. The van der Waals surface area contributed by atoms with Crippen molar-refractivity contribution >= 4 is 5.91 Å². The predicted molar refractivity (Wildman–Crippen MR) is 88.9 cm³/mol. The van der Waals surface area contributed by atoms with E-state index in [2.05, 4.69) is 11.8 Å². The van der Waals surface area contributed by atoms with Crippen LogP contribution in [-0.4, -0.2) is 55.0 Å². The lowest BCUT2D eigenvalue weighted by atomic mass is 10.1. The molecular formula is C18H27FN2O2. The van der Waals surface area contributed by atoms with E-state index in [1.807, 2.05) is 32.8 Å². The fourth-order valence-corrected chi connectivity index (χ4v) is 3.05. The van der Waals surface area contributed by atoms with E-state index in [0.717, 1.165) is 6.54 Å². The van der Waals surface area contributed by atoms with Crippen LogP contribution in [0.1, 0.15) is 36.7 Å². The molecule has 23 heavy (non-hydrogen) atoms. The van der Waals surface area contributed by atoms with Gasteiger partial charge >= 0.3 is 0 Å². The number of amides is 1. The van der Waals surface area contributed by atoms with Crippen LogP contribution in [0.4, 0.5) is 4.39 Å². The summed E-state index contributed by atoms with van der Waals surface area (Å²) in [7, 11) is 4.07. The van der Waals surface area contributed by atoms with Gasteiger partial charge in [-0.05, 0) is 52.1 Å². The first-order valence-corrected chi connectivity index (χ1v) is 8.15. The molecule has 5 heteroatoms. The van der Waals surface area contributed by atoms with Gasteiger partial charge in [-0.2, -0.15) is 0 Å². The zero-order valence-corrected chi connectivity index (χ0v) is 14.7. The number of likely N-dealkylation sites (tertiary alicyclic amines) is 1. The van der Waals surface area contributed by atoms with E-state index in [9.17, 15) is 9.18 Å². The Bertz CT molecular complexity index is 560. The molecule has 0 N–H and O–H groups in total. The van der Waals surface area contributed by atoms with Crippen molar-refractivity contribution in [1.29, 1.82) is 0 Å². The normalized spacial score (nSPS) is 21.5. The third kappa shape index (κ3) is 4.30. The lowest BCUT2D eigenvalue weighted by Gasteiger charge is -2.22. The van der Waals surface area contributed by atoms with Gasteiger partial charge in [0, 0.05) is 30.3 Å². The molecule has 0 aromatic heterocycles. The Morgan fingerprint density at radius 3 is 2.65 bits per heavy atom. The molecule has 2 rings (SSSR count). The molecule has 0 radical (unpaired) electrons. The molecule has 1 amide bonds. The van der Waals surface area contributed by atoms with Crippen LogP contribution in [0.2, 0.25) is 0 Å². The number of carbonyl (C=O) groups is 1. The summed E-state index contributed by atoms with van der Waals surface area (Å²) in [6.45, 7) is 7.59. The molecule has 0 unspecified atom stereocenters. The first-order chi connectivity index (χ1) is 10.8. The Hall–Kier alpha value is -1.46. The summed E-state index contributed by atoms with van der Waals surface area (Å²) >= 11 is 0. The Morgan fingerprint density at radius 1 is 1.39 bits per heavy atom. The van der Waals surface area contributed by atoms with Gasteiger partial charge in [0.25, 0.3) is 5.91 Å². The molecular weight excluding hydrogens is 295 g/mol. The number of benzene rings is 1. The number of likely N-dealkylation sites (N-methyl/N-ethyl adjacent to an activating group) is 1. The minimum atomic E-state index is -0.330. The van der Waals surface area contributed by atoms with Crippen LogP contribution < -0.4 is 0 Å². The maximum Gasteiger partial charge on any atom is 0.253 e. The second-order valence-corrected chi connectivity index (χ2v) is 6.88. The van der Waals surface area contributed by atoms with Crippen molar-refractivity contribution in [3.63, 3.8) is 0 Å². The summed E-state index contributed by atoms with van der Waals surface area (Å²) < 4.78 is 19.3. The molecule has 4 nitrogen and oxygen atoms in total. The average Bonchev–Trinajstić information content (AvgIpc) is 2.87. The standard InChI is InChI=1S/C18H27FN2O2/c1-12(2)23-11-15-8-14(6-7-16(15)19)18(22)21-9-13(3)17(10-21)20(4)5/h6-8,12-13,17H,9-11H2,1-5H3/t13-,17+/m1/s1. The maximum atomic E-state index is 13.9. The van der Waals surface area contributed by atoms with E-state index in [1.54, 1.807) is 12.1 Å². The van der Waals surface area contributed by atoms with Crippen LogP contribution in [0.25, 0.3) is 0 Å². The molecule has 0 spiro atoms. The van der Waals surface area contributed by atoms with E-state index >= 15 is 0 Å². The van der Waals surface area contributed by atoms with Crippen LogP contribution in [-0.2, 0) is 11.3 Å². The molecule has 1 saturated heterocycles. The van der Waals surface area contributed by atoms with E-state index in [-0.39, 0.29) is 24.4 Å². The second kappa shape index (κ2) is 7.41. The van der Waals surface area contributed by atoms with Gasteiger partial charge in [0.05, 0.1) is 12.7 Å². The van der Waals surface area contributed by atoms with Gasteiger partial charge in [0.1, 0.15) is 5.82 Å². The summed E-state index contributed by atoms with van der Waals surface area (Å²) in [6, 6.07) is 4.90. The number of hydrogen-bond acceptors (Lipinski definition) is 3. The zero-order chi connectivity index (χ0) is 17.1. The van der Waals surface area contributed by atoms with Gasteiger partial charge < -0.3 is 14.5 Å². The molecule has 128 valence electrons. The van der Waals surface area contributed by atoms with Crippen molar-refractivity contribution in [2.75, 3.05) is 27.2 Å². The minimum absolute atomic E-state index is 0.0223. The van der Waals surface area contributed by atoms with E-state index in [1.165, 1.54) is 6.07 Å². The van der Waals surface area contributed by atoms with Gasteiger partial charge in [0.15, 0.2) is 0 Å². The highest BCUT2D eigenvalue weighted by molar-refractivity contribution is 5.94. The second-order valence-electron chi connectivity index (χ2n) is 6.88. The quantitative estimate of drug-likeness (QED) is 0.836. The van der Waals surface area contributed by atoms with Crippen LogP contribution in [0.15, 0.2) is 18.2 Å². The highest BCUT2D eigenvalue weighted by atomic mass is 19.1. The largest absolute Gasteiger partial charge is 0.374 e. The minimum Gasteiger partial charge on any atom is -0.374 e. The first kappa shape index (κ1) is 17.9. The number of halogens is 1. The van der Waals surface area contributed by atoms with E-state index < -0.39 is 0 Å². The van der Waals surface area contributed by atoms with Crippen LogP contribution in [0.5, 0.6) is 0 Å². The van der Waals surface area contributed by atoms with Crippen molar-refractivity contribution in [3.05, 3.63) is 35.1 Å². The highest BCUT2D eigenvalue weighted by Gasteiger charge is 2.34. The number of nitrogens with zero attached hydrogens (tertiary/aromatic N) is 2. The zero-order valence-electron chi connectivity index (χ0n) is 14.7. The van der Waals surface area contributed by atoms with Gasteiger partial charge in [0.2, 0.25) is 0 Å². The summed E-state index contributed by atoms with van der Waals surface area (Å²) in [6.07, 6.45) is 0.0223. The molecule has 1 aromatic carbocycles. The SMILES string of the molecule is CC(C)OCc1cc(C(=O)N2C[C@@H](C)[C@@H](N(C)C)C2)ccc1F. The predicted octanol–water partition coefficient (Wildman–Crippen LogP) is 2.77. The fraction of sp³-hybridized carbons (Fsp3) is 0.611. The van der Waals surface area contributed by atoms with Crippen LogP contribution >= 0.6 is 0 Å². The average molecular weight is 322 g/mol. The molecule has 0 saturated carbocycles. The lowest BCUT2D eigenvalue weighted by molar-refractivity contribution is 0.0638. The van der Waals surface area contributed by atoms with Crippen molar-refractivity contribution in [2.24, 2.45) is 5.92 Å². The molecule has 1 heterocycles. The first-order valence-electron chi connectivity index (χ1n) is 8.15. The van der Waals surface area contributed by atoms with Gasteiger partial charge in [-0.25, -0.2) is 4.39 Å². The molecule has 2 atom stereocenters. The van der Waals surface area contributed by atoms with Crippen molar-refractivity contribution in [2.45, 2.75) is 39.5 Å². The molecule has 1 aliphatic heterocycles. The smallest absolute Gasteiger partial charge is 0.253 e. The third-order valence-corrected chi connectivity index (χ3v) is 4.39. The van der Waals surface area contributed by atoms with Crippen molar-refractivity contribution in [3.8, 4) is 0 Å². The summed E-state index contributed by atoms with van der Waals surface area (Å²) in [5.41, 5.74) is 0.960. The maximum absolute atomic E-state index is 13.9. The monoisotopic (exact) mass is 322 g/mol. The topological polar surface area (TPSA) is 32.8 Å². The third-order valence-electron chi connectivity index (χ3n) is 4.39. The number of rotatable bonds is 5. The number of hydrogen-bond donors (Lipinski definition) is 0. The van der Waals surface area contributed by atoms with Gasteiger partial charge in [-0.15, -0.1) is 0 Å².